The zero-order valence-corrected chi connectivity index (χ0v) is 16.0. The molecule has 0 aromatic heterocycles. The van der Waals surface area contributed by atoms with Crippen molar-refractivity contribution < 1.29 is 14.0 Å². The number of hydrogen-bond acceptors (Lipinski definition) is 2. The molecular weight excluding hydrogens is 411 g/mol. The Hall–Kier alpha value is -2.99. The van der Waals surface area contributed by atoms with E-state index in [-0.39, 0.29) is 11.5 Å². The summed E-state index contributed by atoms with van der Waals surface area (Å²) in [5.74, 6) is -1.22. The summed E-state index contributed by atoms with van der Waals surface area (Å²) in [6.45, 7) is 1.77. The van der Waals surface area contributed by atoms with Crippen LogP contribution in [0.3, 0.4) is 0 Å². The fraction of sp³-hybridized carbons (Fsp3) is 0.0476. The highest BCUT2D eigenvalue weighted by Gasteiger charge is 2.16. The molecule has 0 aliphatic rings. The normalized spacial score (nSPS) is 10.3. The predicted molar refractivity (Wildman–Crippen MR) is 108 cm³/mol. The van der Waals surface area contributed by atoms with Gasteiger partial charge in [-0.1, -0.05) is 30.3 Å². The number of rotatable bonds is 4. The topological polar surface area (TPSA) is 58.2 Å². The number of halogens is 2. The van der Waals surface area contributed by atoms with Crippen LogP contribution in [0.1, 0.15) is 26.3 Å². The van der Waals surface area contributed by atoms with E-state index in [1.165, 1.54) is 12.1 Å². The second kappa shape index (κ2) is 8.14. The molecule has 0 fully saturated rings. The Morgan fingerprint density at radius 2 is 1.41 bits per heavy atom. The van der Waals surface area contributed by atoms with Crippen LogP contribution in [0.25, 0.3) is 0 Å². The third-order valence-corrected chi connectivity index (χ3v) is 4.68. The van der Waals surface area contributed by atoms with Crippen molar-refractivity contribution in [2.24, 2.45) is 0 Å². The van der Waals surface area contributed by atoms with E-state index in [0.717, 1.165) is 5.56 Å². The minimum Gasteiger partial charge on any atom is -0.322 e. The summed E-state index contributed by atoms with van der Waals surface area (Å²) in [5.41, 5.74) is 2.21. The third kappa shape index (κ3) is 4.41. The summed E-state index contributed by atoms with van der Waals surface area (Å²) < 4.78 is 14.1. The van der Waals surface area contributed by atoms with Gasteiger partial charge >= 0.3 is 0 Å². The fourth-order valence-corrected chi connectivity index (χ4v) is 3.01. The average molecular weight is 427 g/mol. The highest BCUT2D eigenvalue weighted by molar-refractivity contribution is 9.10. The number of hydrogen-bond donors (Lipinski definition) is 2. The lowest BCUT2D eigenvalue weighted by atomic mass is 10.1. The molecule has 0 atom stereocenters. The van der Waals surface area contributed by atoms with Crippen molar-refractivity contribution >= 4 is 39.1 Å². The van der Waals surface area contributed by atoms with E-state index < -0.39 is 11.7 Å². The minimum atomic E-state index is -0.439. The smallest absolute Gasteiger partial charge is 0.257 e. The van der Waals surface area contributed by atoms with Gasteiger partial charge in [-0.05, 0) is 64.8 Å². The first kappa shape index (κ1) is 18.8. The largest absolute Gasteiger partial charge is 0.322 e. The van der Waals surface area contributed by atoms with Crippen LogP contribution in [0, 0.1) is 12.7 Å². The molecule has 0 aliphatic heterocycles. The maximum atomic E-state index is 13.5. The molecule has 4 nitrogen and oxygen atoms in total. The van der Waals surface area contributed by atoms with Crippen LogP contribution < -0.4 is 10.6 Å². The SMILES string of the molecule is Cc1ccc(F)cc1NC(=O)c1ccccc1NC(=O)c1ccccc1Br. The summed E-state index contributed by atoms with van der Waals surface area (Å²) in [6, 6.07) is 17.8. The Bertz CT molecular complexity index is 1020. The summed E-state index contributed by atoms with van der Waals surface area (Å²) in [5, 5.41) is 5.45. The molecule has 0 saturated heterocycles. The zero-order valence-electron chi connectivity index (χ0n) is 14.4. The summed E-state index contributed by atoms with van der Waals surface area (Å²) >= 11 is 3.34. The molecule has 0 radical (unpaired) electrons. The van der Waals surface area contributed by atoms with Gasteiger partial charge in [0.2, 0.25) is 0 Å². The Balaban J connectivity index is 1.85. The lowest BCUT2D eigenvalue weighted by Gasteiger charge is -2.13. The molecule has 2 N–H and O–H groups in total. The van der Waals surface area contributed by atoms with E-state index in [0.29, 0.717) is 21.4 Å². The van der Waals surface area contributed by atoms with Gasteiger partial charge in [-0.15, -0.1) is 0 Å². The van der Waals surface area contributed by atoms with Gasteiger partial charge in [0, 0.05) is 10.2 Å². The molecule has 3 aromatic carbocycles. The molecular formula is C21H16BrFN2O2. The van der Waals surface area contributed by atoms with Crippen LogP contribution in [0.5, 0.6) is 0 Å². The van der Waals surface area contributed by atoms with Gasteiger partial charge in [0.1, 0.15) is 5.82 Å². The summed E-state index contributed by atoms with van der Waals surface area (Å²) in [6.07, 6.45) is 0. The number of benzene rings is 3. The van der Waals surface area contributed by atoms with E-state index in [4.69, 9.17) is 0 Å². The first-order chi connectivity index (χ1) is 13.0. The van der Waals surface area contributed by atoms with E-state index in [1.807, 2.05) is 6.07 Å². The van der Waals surface area contributed by atoms with Crippen LogP contribution >= 0.6 is 15.9 Å². The maximum Gasteiger partial charge on any atom is 0.257 e. The molecule has 0 spiro atoms. The maximum absolute atomic E-state index is 13.5. The molecule has 136 valence electrons. The number of carbonyl (C=O) groups is 2. The summed E-state index contributed by atoms with van der Waals surface area (Å²) in [4.78, 5) is 25.2. The predicted octanol–water partition coefficient (Wildman–Crippen LogP) is 5.40. The molecule has 2 amide bonds. The van der Waals surface area contributed by atoms with Gasteiger partial charge in [0.05, 0.1) is 16.8 Å². The van der Waals surface area contributed by atoms with Gasteiger partial charge in [-0.2, -0.15) is 0 Å². The molecule has 0 aliphatic carbocycles. The van der Waals surface area contributed by atoms with Gasteiger partial charge in [0.25, 0.3) is 11.8 Å². The molecule has 0 unspecified atom stereocenters. The van der Waals surface area contributed by atoms with Crippen molar-refractivity contribution in [3.63, 3.8) is 0 Å². The molecule has 0 saturated carbocycles. The quantitative estimate of drug-likeness (QED) is 0.586. The number of nitrogens with one attached hydrogen (secondary N) is 2. The average Bonchev–Trinajstić information content (AvgIpc) is 2.65. The van der Waals surface area contributed by atoms with Gasteiger partial charge < -0.3 is 10.6 Å². The fourth-order valence-electron chi connectivity index (χ4n) is 2.54. The van der Waals surface area contributed by atoms with Crippen molar-refractivity contribution in [1.82, 2.24) is 0 Å². The Morgan fingerprint density at radius 1 is 0.815 bits per heavy atom. The molecule has 27 heavy (non-hydrogen) atoms. The van der Waals surface area contributed by atoms with Gasteiger partial charge in [-0.25, -0.2) is 4.39 Å². The third-order valence-electron chi connectivity index (χ3n) is 3.99. The van der Waals surface area contributed by atoms with Gasteiger partial charge in [-0.3, -0.25) is 9.59 Å². The Kier molecular flexibility index (Phi) is 5.66. The van der Waals surface area contributed by atoms with Crippen LogP contribution in [-0.4, -0.2) is 11.8 Å². The van der Waals surface area contributed by atoms with E-state index in [2.05, 4.69) is 26.6 Å². The standard InChI is InChI=1S/C21H16BrFN2O2/c1-13-10-11-14(23)12-19(13)25-21(27)16-7-3-5-9-18(16)24-20(26)15-6-2-4-8-17(15)22/h2-12H,1H3,(H,24,26)(H,25,27). The first-order valence-corrected chi connectivity index (χ1v) is 8.97. The van der Waals surface area contributed by atoms with Crippen molar-refractivity contribution in [3.05, 3.63) is 93.7 Å². The van der Waals surface area contributed by atoms with E-state index >= 15 is 0 Å². The lowest BCUT2D eigenvalue weighted by Crippen LogP contribution is -2.19. The van der Waals surface area contributed by atoms with E-state index in [9.17, 15) is 14.0 Å². The molecule has 6 heteroatoms. The van der Waals surface area contributed by atoms with Crippen LogP contribution in [0.2, 0.25) is 0 Å². The minimum absolute atomic E-state index is 0.279. The first-order valence-electron chi connectivity index (χ1n) is 8.18. The number of carbonyl (C=O) groups excluding carboxylic acids is 2. The molecule has 0 bridgehead atoms. The second-order valence-corrected chi connectivity index (χ2v) is 6.75. The highest BCUT2D eigenvalue weighted by Crippen LogP contribution is 2.22. The van der Waals surface area contributed by atoms with Crippen molar-refractivity contribution in [2.75, 3.05) is 10.6 Å². The molecule has 0 heterocycles. The monoisotopic (exact) mass is 426 g/mol. The van der Waals surface area contributed by atoms with Crippen LogP contribution in [0.4, 0.5) is 15.8 Å². The Labute approximate surface area is 164 Å². The second-order valence-electron chi connectivity index (χ2n) is 5.89. The lowest BCUT2D eigenvalue weighted by molar-refractivity contribution is 0.102. The number of amides is 2. The molecule has 3 aromatic rings. The summed E-state index contributed by atoms with van der Waals surface area (Å²) in [7, 11) is 0. The van der Waals surface area contributed by atoms with Crippen LogP contribution in [-0.2, 0) is 0 Å². The number of anilines is 2. The number of para-hydroxylation sites is 1. The van der Waals surface area contributed by atoms with Crippen molar-refractivity contribution in [1.29, 1.82) is 0 Å². The zero-order chi connectivity index (χ0) is 19.4. The number of aryl methyl sites for hydroxylation is 1. The highest BCUT2D eigenvalue weighted by atomic mass is 79.9. The van der Waals surface area contributed by atoms with E-state index in [1.54, 1.807) is 55.5 Å². The van der Waals surface area contributed by atoms with Gasteiger partial charge in [0.15, 0.2) is 0 Å². The van der Waals surface area contributed by atoms with Crippen molar-refractivity contribution in [2.45, 2.75) is 6.92 Å². The Morgan fingerprint density at radius 3 is 2.15 bits per heavy atom. The van der Waals surface area contributed by atoms with Crippen molar-refractivity contribution in [3.8, 4) is 0 Å². The van der Waals surface area contributed by atoms with Crippen LogP contribution in [0.15, 0.2) is 71.2 Å². The molecule has 3 rings (SSSR count).